The molecule has 0 aliphatic carbocycles. The topological polar surface area (TPSA) is 47.6 Å². The number of carbonyl (C=O) groups is 1. The molecule has 1 atom stereocenters. The summed E-state index contributed by atoms with van der Waals surface area (Å²) in [6.07, 6.45) is 1.93. The van der Waals surface area contributed by atoms with E-state index in [2.05, 4.69) is 30.4 Å². The molecule has 3 aromatic rings. The van der Waals surface area contributed by atoms with Crippen LogP contribution in [-0.4, -0.2) is 16.8 Å². The highest BCUT2D eigenvalue weighted by atomic mass is 32.2. The Bertz CT molecular complexity index is 1340. The Kier molecular flexibility index (Phi) is 6.26. The Hall–Kier alpha value is -3.35. The van der Waals surface area contributed by atoms with Crippen molar-refractivity contribution in [2.24, 2.45) is 0 Å². The normalized spacial score (nSPS) is 18.5. The number of nitrogens with one attached hydrogen (secondary N) is 1. The maximum Gasteiger partial charge on any atom is 0.263 e. The lowest BCUT2D eigenvalue weighted by molar-refractivity contribution is -0.115. The number of thioether (sulfide) groups is 1. The van der Waals surface area contributed by atoms with Gasteiger partial charge in [0, 0.05) is 22.6 Å². The minimum atomic E-state index is -0.184. The lowest BCUT2D eigenvalue weighted by atomic mass is 9.79. The van der Waals surface area contributed by atoms with Gasteiger partial charge >= 0.3 is 0 Å². The van der Waals surface area contributed by atoms with Crippen molar-refractivity contribution in [1.29, 1.82) is 0 Å². The van der Waals surface area contributed by atoms with Gasteiger partial charge in [-0.1, -0.05) is 66.4 Å². The van der Waals surface area contributed by atoms with Crippen LogP contribution in [0.4, 0.5) is 0 Å². The fourth-order valence-electron chi connectivity index (χ4n) is 4.33. The van der Waals surface area contributed by atoms with Crippen LogP contribution in [-0.2, 0) is 4.79 Å². The minimum Gasteiger partial charge on any atom is -0.494 e. The molecule has 4 nitrogen and oxygen atoms in total. The highest BCUT2D eigenvalue weighted by Gasteiger charge is 2.33. The van der Waals surface area contributed by atoms with Gasteiger partial charge in [-0.25, -0.2) is 0 Å². The SMILES string of the molecule is CCOc1ccc(C2=C(/C=C3/SC(=S)NC3=O)C(c3ccccc3C)c3ccccc3O2)cc1. The molecule has 34 heavy (non-hydrogen) atoms. The van der Waals surface area contributed by atoms with Crippen LogP contribution in [0, 0.1) is 6.92 Å². The maximum atomic E-state index is 12.6. The van der Waals surface area contributed by atoms with Gasteiger partial charge in [0.05, 0.1) is 11.5 Å². The molecule has 3 aromatic carbocycles. The molecule has 0 saturated carbocycles. The van der Waals surface area contributed by atoms with Crippen LogP contribution in [0.2, 0.25) is 0 Å². The average molecular weight is 486 g/mol. The number of rotatable bonds is 5. The third-order valence-corrected chi connectivity index (χ3v) is 7.03. The molecule has 1 saturated heterocycles. The van der Waals surface area contributed by atoms with Crippen molar-refractivity contribution >= 4 is 40.0 Å². The zero-order valence-electron chi connectivity index (χ0n) is 18.8. The van der Waals surface area contributed by atoms with Crippen LogP contribution in [0.25, 0.3) is 5.76 Å². The van der Waals surface area contributed by atoms with E-state index in [1.165, 1.54) is 22.9 Å². The highest BCUT2D eigenvalue weighted by molar-refractivity contribution is 8.26. The van der Waals surface area contributed by atoms with Crippen molar-refractivity contribution in [2.75, 3.05) is 6.61 Å². The van der Waals surface area contributed by atoms with E-state index in [9.17, 15) is 4.79 Å². The third-order valence-electron chi connectivity index (χ3n) is 5.87. The molecule has 1 unspecified atom stereocenters. The lowest BCUT2D eigenvalue weighted by Crippen LogP contribution is -2.19. The molecule has 1 amide bonds. The largest absolute Gasteiger partial charge is 0.494 e. The number of aryl methyl sites for hydroxylation is 1. The number of hydrogen-bond donors (Lipinski definition) is 1. The highest BCUT2D eigenvalue weighted by Crippen LogP contribution is 2.48. The predicted octanol–water partition coefficient (Wildman–Crippen LogP) is 6.36. The van der Waals surface area contributed by atoms with Gasteiger partial charge in [0.2, 0.25) is 0 Å². The summed E-state index contributed by atoms with van der Waals surface area (Å²) < 4.78 is 12.6. The molecule has 2 aliphatic heterocycles. The van der Waals surface area contributed by atoms with E-state index < -0.39 is 0 Å². The predicted molar refractivity (Wildman–Crippen MR) is 141 cm³/mol. The summed E-state index contributed by atoms with van der Waals surface area (Å²) in [6, 6.07) is 24.3. The number of fused-ring (bicyclic) bond motifs is 1. The molecule has 2 heterocycles. The molecule has 1 N–H and O–H groups in total. The van der Waals surface area contributed by atoms with E-state index in [4.69, 9.17) is 21.7 Å². The monoisotopic (exact) mass is 485 g/mol. The van der Waals surface area contributed by atoms with E-state index in [1.807, 2.05) is 67.6 Å². The van der Waals surface area contributed by atoms with Gasteiger partial charge < -0.3 is 14.8 Å². The van der Waals surface area contributed by atoms with E-state index >= 15 is 0 Å². The number of ether oxygens (including phenoxy) is 2. The first-order valence-electron chi connectivity index (χ1n) is 11.1. The molecule has 0 aromatic heterocycles. The Morgan fingerprint density at radius 3 is 2.41 bits per heavy atom. The number of hydrogen-bond acceptors (Lipinski definition) is 5. The zero-order valence-corrected chi connectivity index (χ0v) is 20.5. The van der Waals surface area contributed by atoms with Gasteiger partial charge in [0.15, 0.2) is 0 Å². The Labute approximate surface area is 208 Å². The number of para-hydroxylation sites is 1. The summed E-state index contributed by atoms with van der Waals surface area (Å²) in [5, 5.41) is 2.72. The standard InChI is InChI=1S/C28H23NO3S2/c1-3-31-19-14-12-18(13-15-19)26-22(16-24-27(30)29-28(33)34-24)25(20-9-5-4-8-17(20)2)21-10-6-7-11-23(21)32-26/h4-16,25H,3H2,1-2H3,(H,29,30,33)/b24-16+. The summed E-state index contributed by atoms with van der Waals surface area (Å²) in [7, 11) is 0. The second kappa shape index (κ2) is 9.49. The fraction of sp³-hybridized carbons (Fsp3) is 0.143. The minimum absolute atomic E-state index is 0.109. The van der Waals surface area contributed by atoms with Gasteiger partial charge in [0.1, 0.15) is 21.6 Å². The first-order chi connectivity index (χ1) is 16.5. The van der Waals surface area contributed by atoms with Crippen LogP contribution in [0.3, 0.4) is 0 Å². The number of thiocarbonyl (C=S) groups is 1. The van der Waals surface area contributed by atoms with Gasteiger partial charge in [-0.15, -0.1) is 0 Å². The second-order valence-electron chi connectivity index (χ2n) is 8.02. The summed E-state index contributed by atoms with van der Waals surface area (Å²) in [5.41, 5.74) is 5.22. The van der Waals surface area contributed by atoms with E-state index in [0.29, 0.717) is 21.6 Å². The molecule has 0 spiro atoms. The average Bonchev–Trinajstić information content (AvgIpc) is 3.16. The van der Waals surface area contributed by atoms with Gasteiger partial charge in [-0.05, 0) is 61.4 Å². The molecule has 0 radical (unpaired) electrons. The third kappa shape index (κ3) is 4.27. The Balaban J connectivity index is 1.76. The first-order valence-corrected chi connectivity index (χ1v) is 12.3. The smallest absolute Gasteiger partial charge is 0.263 e. The molecule has 0 bridgehead atoms. The molecular formula is C28H23NO3S2. The number of allylic oxidation sites excluding steroid dienone is 2. The summed E-state index contributed by atoms with van der Waals surface area (Å²) in [5.74, 6) is 2.03. The van der Waals surface area contributed by atoms with Crippen molar-refractivity contribution in [3.05, 3.63) is 112 Å². The van der Waals surface area contributed by atoms with E-state index in [-0.39, 0.29) is 11.8 Å². The van der Waals surface area contributed by atoms with Gasteiger partial charge in [-0.2, -0.15) is 0 Å². The van der Waals surface area contributed by atoms with Crippen molar-refractivity contribution in [3.63, 3.8) is 0 Å². The zero-order chi connectivity index (χ0) is 23.7. The van der Waals surface area contributed by atoms with E-state index in [1.54, 1.807) is 0 Å². The maximum absolute atomic E-state index is 12.6. The van der Waals surface area contributed by atoms with E-state index in [0.717, 1.165) is 28.2 Å². The Morgan fingerprint density at radius 2 is 1.74 bits per heavy atom. The first kappa shape index (κ1) is 22.4. The lowest BCUT2D eigenvalue weighted by Gasteiger charge is -2.31. The molecule has 170 valence electrons. The van der Waals surface area contributed by atoms with Crippen LogP contribution in [0.5, 0.6) is 11.5 Å². The number of benzene rings is 3. The number of amides is 1. The molecule has 1 fully saturated rings. The van der Waals surface area contributed by atoms with Gasteiger partial charge in [-0.3, -0.25) is 4.79 Å². The second-order valence-corrected chi connectivity index (χ2v) is 9.74. The summed E-state index contributed by atoms with van der Waals surface area (Å²) >= 11 is 6.52. The quantitative estimate of drug-likeness (QED) is 0.337. The van der Waals surface area contributed by atoms with Crippen molar-refractivity contribution in [3.8, 4) is 11.5 Å². The van der Waals surface area contributed by atoms with Crippen LogP contribution < -0.4 is 14.8 Å². The molecular weight excluding hydrogens is 462 g/mol. The van der Waals surface area contributed by atoms with Crippen LogP contribution >= 0.6 is 24.0 Å². The van der Waals surface area contributed by atoms with Crippen LogP contribution in [0.1, 0.15) is 35.1 Å². The van der Waals surface area contributed by atoms with Crippen molar-refractivity contribution in [2.45, 2.75) is 19.8 Å². The Morgan fingerprint density at radius 1 is 1.03 bits per heavy atom. The number of carbonyl (C=O) groups excluding carboxylic acids is 1. The van der Waals surface area contributed by atoms with Gasteiger partial charge in [0.25, 0.3) is 5.91 Å². The fourth-order valence-corrected chi connectivity index (χ4v) is 5.37. The molecule has 6 heteroatoms. The van der Waals surface area contributed by atoms with Crippen LogP contribution in [0.15, 0.2) is 89.4 Å². The van der Waals surface area contributed by atoms with Crippen molar-refractivity contribution in [1.82, 2.24) is 5.32 Å². The molecule has 5 rings (SSSR count). The molecule has 2 aliphatic rings. The van der Waals surface area contributed by atoms with Crippen molar-refractivity contribution < 1.29 is 14.3 Å². The summed E-state index contributed by atoms with van der Waals surface area (Å²) in [6.45, 7) is 4.68. The summed E-state index contributed by atoms with van der Waals surface area (Å²) in [4.78, 5) is 13.2.